The van der Waals surface area contributed by atoms with Crippen LogP contribution in [-0.2, 0) is 18.2 Å². The first kappa shape index (κ1) is 13.4. The van der Waals surface area contributed by atoms with Crippen LogP contribution in [0.5, 0.6) is 0 Å². The second-order valence-electron chi connectivity index (χ2n) is 5.49. The van der Waals surface area contributed by atoms with Gasteiger partial charge in [-0.3, -0.25) is 4.79 Å². The largest absolute Gasteiger partial charge is 0.609 e. The number of aryl methyl sites for hydroxylation is 1. The van der Waals surface area contributed by atoms with E-state index in [0.29, 0.717) is 16.7 Å². The van der Waals surface area contributed by atoms with Crippen molar-refractivity contribution >= 4 is 27.9 Å². The number of nitrogens with zero attached hydrogens (tertiary/aromatic N) is 3. The zero-order valence-electron chi connectivity index (χ0n) is 11.6. The van der Waals surface area contributed by atoms with E-state index in [0.717, 1.165) is 12.8 Å². The highest BCUT2D eigenvalue weighted by Crippen LogP contribution is 2.38. The van der Waals surface area contributed by atoms with Crippen molar-refractivity contribution in [3.8, 4) is 0 Å². The van der Waals surface area contributed by atoms with Crippen LogP contribution in [0.25, 0.3) is 10.9 Å². The molecule has 1 unspecified atom stereocenters. The standard InChI is InChI=1S/C13H16N4O2S/c1-13(5-6-13)16-10-9-8(4-7-17(2)11(9)18)14-12(15-10)20(3)19/h4,7H,5-6H2,1-3H3,(H,14,15,16). The molecule has 0 spiro atoms. The molecule has 0 bridgehead atoms. The summed E-state index contributed by atoms with van der Waals surface area (Å²) in [6.07, 6.45) is 5.26. The van der Waals surface area contributed by atoms with Gasteiger partial charge in [0.25, 0.3) is 5.56 Å². The monoisotopic (exact) mass is 292 g/mol. The Kier molecular flexibility index (Phi) is 2.98. The molecule has 1 aliphatic rings. The van der Waals surface area contributed by atoms with Crippen molar-refractivity contribution in [3.63, 3.8) is 0 Å². The molecule has 106 valence electrons. The molecule has 1 saturated carbocycles. The number of anilines is 1. The average molecular weight is 292 g/mol. The first-order valence-electron chi connectivity index (χ1n) is 6.39. The summed E-state index contributed by atoms with van der Waals surface area (Å²) in [7, 11) is 1.69. The van der Waals surface area contributed by atoms with Crippen molar-refractivity contribution < 1.29 is 4.55 Å². The minimum absolute atomic E-state index is 0.0192. The van der Waals surface area contributed by atoms with Crippen molar-refractivity contribution in [1.29, 1.82) is 0 Å². The molecular weight excluding hydrogens is 276 g/mol. The van der Waals surface area contributed by atoms with Gasteiger partial charge >= 0.3 is 5.16 Å². The Morgan fingerprint density at radius 2 is 2.15 bits per heavy atom. The summed E-state index contributed by atoms with van der Waals surface area (Å²) in [5, 5.41) is 4.00. The lowest BCUT2D eigenvalue weighted by Gasteiger charge is -2.15. The Balaban J connectivity index is 2.26. The molecule has 0 amide bonds. The molecule has 6 nitrogen and oxygen atoms in total. The average Bonchev–Trinajstić information content (AvgIpc) is 3.11. The van der Waals surface area contributed by atoms with Crippen LogP contribution >= 0.6 is 0 Å². The highest BCUT2D eigenvalue weighted by Gasteiger charge is 2.38. The minimum Gasteiger partial charge on any atom is -0.609 e. The molecule has 2 aromatic heterocycles. The molecule has 2 heterocycles. The molecular formula is C13H16N4O2S. The van der Waals surface area contributed by atoms with Gasteiger partial charge in [-0.05, 0) is 25.8 Å². The number of fused-ring (bicyclic) bond motifs is 1. The molecule has 7 heteroatoms. The van der Waals surface area contributed by atoms with E-state index < -0.39 is 11.2 Å². The van der Waals surface area contributed by atoms with Gasteiger partial charge in [0.2, 0.25) is 0 Å². The lowest BCUT2D eigenvalue weighted by Crippen LogP contribution is -2.23. The molecule has 1 atom stereocenters. The van der Waals surface area contributed by atoms with Crippen LogP contribution in [0.4, 0.5) is 5.82 Å². The van der Waals surface area contributed by atoms with Crippen molar-refractivity contribution in [3.05, 3.63) is 22.6 Å². The predicted octanol–water partition coefficient (Wildman–Crippen LogP) is 1.03. The summed E-state index contributed by atoms with van der Waals surface area (Å²) in [5.74, 6) is 0.487. The van der Waals surface area contributed by atoms with Crippen molar-refractivity contribution in [2.24, 2.45) is 7.05 Å². The van der Waals surface area contributed by atoms with E-state index in [4.69, 9.17) is 0 Å². The molecule has 1 aliphatic carbocycles. The van der Waals surface area contributed by atoms with Crippen LogP contribution in [0.15, 0.2) is 22.2 Å². The molecule has 3 rings (SSSR count). The lowest BCUT2D eigenvalue weighted by atomic mass is 10.2. The van der Waals surface area contributed by atoms with Gasteiger partial charge in [0, 0.05) is 30.0 Å². The molecule has 0 aromatic carbocycles. The van der Waals surface area contributed by atoms with Crippen LogP contribution < -0.4 is 10.9 Å². The van der Waals surface area contributed by atoms with E-state index in [9.17, 15) is 9.35 Å². The second-order valence-corrected chi connectivity index (χ2v) is 6.76. The first-order chi connectivity index (χ1) is 9.39. The number of aromatic nitrogens is 3. The van der Waals surface area contributed by atoms with Gasteiger partial charge in [-0.15, -0.1) is 0 Å². The summed E-state index contributed by atoms with van der Waals surface area (Å²) in [4.78, 5) is 20.8. The topological polar surface area (TPSA) is 82.9 Å². The Morgan fingerprint density at radius 3 is 2.75 bits per heavy atom. The molecule has 2 aromatic rings. The van der Waals surface area contributed by atoms with Gasteiger partial charge in [0.05, 0.1) is 5.52 Å². The van der Waals surface area contributed by atoms with Crippen molar-refractivity contribution in [2.45, 2.75) is 30.5 Å². The van der Waals surface area contributed by atoms with Crippen LogP contribution in [-0.4, -0.2) is 30.9 Å². The number of nitrogens with one attached hydrogen (secondary N) is 1. The Morgan fingerprint density at radius 1 is 1.45 bits per heavy atom. The zero-order valence-corrected chi connectivity index (χ0v) is 12.5. The smallest absolute Gasteiger partial charge is 0.344 e. The third-order valence-electron chi connectivity index (χ3n) is 3.58. The van der Waals surface area contributed by atoms with E-state index >= 15 is 0 Å². The fourth-order valence-corrected chi connectivity index (χ4v) is 2.48. The molecule has 0 radical (unpaired) electrons. The van der Waals surface area contributed by atoms with Crippen LogP contribution in [0.3, 0.4) is 0 Å². The van der Waals surface area contributed by atoms with Gasteiger partial charge < -0.3 is 14.4 Å². The third-order valence-corrected chi connectivity index (χ3v) is 4.28. The predicted molar refractivity (Wildman–Crippen MR) is 78.4 cm³/mol. The molecule has 0 aliphatic heterocycles. The fourth-order valence-electron chi connectivity index (χ4n) is 2.03. The van der Waals surface area contributed by atoms with Crippen molar-refractivity contribution in [2.75, 3.05) is 11.6 Å². The fraction of sp³-hybridized carbons (Fsp3) is 0.462. The minimum atomic E-state index is -1.29. The summed E-state index contributed by atoms with van der Waals surface area (Å²) in [6.45, 7) is 2.08. The number of hydrogen-bond donors (Lipinski definition) is 1. The second kappa shape index (κ2) is 4.46. The van der Waals surface area contributed by atoms with E-state index in [1.54, 1.807) is 19.3 Å². The van der Waals surface area contributed by atoms with Gasteiger partial charge in [0.1, 0.15) is 17.5 Å². The first-order valence-corrected chi connectivity index (χ1v) is 7.94. The summed E-state index contributed by atoms with van der Waals surface area (Å²) < 4.78 is 13.1. The van der Waals surface area contributed by atoms with Gasteiger partial charge in [0.15, 0.2) is 0 Å². The van der Waals surface area contributed by atoms with Gasteiger partial charge in [-0.1, -0.05) is 0 Å². The quantitative estimate of drug-likeness (QED) is 0.675. The van der Waals surface area contributed by atoms with E-state index in [-0.39, 0.29) is 16.3 Å². The maximum Gasteiger partial charge on any atom is 0.344 e. The normalized spacial score (nSPS) is 18.0. The van der Waals surface area contributed by atoms with E-state index in [2.05, 4.69) is 22.2 Å². The highest BCUT2D eigenvalue weighted by molar-refractivity contribution is 7.90. The Labute approximate surface area is 119 Å². The summed E-state index contributed by atoms with van der Waals surface area (Å²) in [6, 6.07) is 1.75. The summed E-state index contributed by atoms with van der Waals surface area (Å²) in [5.41, 5.74) is 0.358. The Hall–Kier alpha value is -1.60. The molecule has 20 heavy (non-hydrogen) atoms. The molecule has 1 N–H and O–H groups in total. The van der Waals surface area contributed by atoms with Crippen LogP contribution in [0.1, 0.15) is 19.8 Å². The van der Waals surface area contributed by atoms with Gasteiger partial charge in [-0.25, -0.2) is 0 Å². The third kappa shape index (κ3) is 2.27. The zero-order chi connectivity index (χ0) is 14.5. The number of pyridine rings is 1. The van der Waals surface area contributed by atoms with Gasteiger partial charge in [-0.2, -0.15) is 9.97 Å². The molecule has 1 fully saturated rings. The maximum absolute atomic E-state index is 12.3. The van der Waals surface area contributed by atoms with Crippen LogP contribution in [0.2, 0.25) is 0 Å². The number of hydrogen-bond acceptors (Lipinski definition) is 5. The summed E-state index contributed by atoms with van der Waals surface area (Å²) >= 11 is -1.29. The van der Waals surface area contributed by atoms with Crippen molar-refractivity contribution in [1.82, 2.24) is 14.5 Å². The number of rotatable bonds is 3. The lowest BCUT2D eigenvalue weighted by molar-refractivity contribution is 0.592. The Bertz CT molecular complexity index is 737. The van der Waals surface area contributed by atoms with E-state index in [1.807, 2.05) is 0 Å². The van der Waals surface area contributed by atoms with Crippen LogP contribution in [0, 0.1) is 0 Å². The highest BCUT2D eigenvalue weighted by atomic mass is 32.2. The van der Waals surface area contributed by atoms with E-state index in [1.165, 1.54) is 10.8 Å². The molecule has 0 saturated heterocycles. The maximum atomic E-state index is 12.3. The SMILES string of the molecule is Cn1ccc2nc([S+](C)[O-])nc(NC3(C)CC3)c2c1=O.